The molecule has 96 valence electrons. The molecule has 0 fully saturated rings. The second-order valence-electron chi connectivity index (χ2n) is 3.75. The minimum Gasteiger partial charge on any atom is -0.506 e. The van der Waals surface area contributed by atoms with Crippen LogP contribution in [0, 0.1) is 0 Å². The maximum absolute atomic E-state index is 9.37. The van der Waals surface area contributed by atoms with E-state index < -0.39 is 0 Å². The molecule has 1 heterocycles. The first-order valence-electron chi connectivity index (χ1n) is 5.53. The van der Waals surface area contributed by atoms with Gasteiger partial charge >= 0.3 is 0 Å². The Kier molecular flexibility index (Phi) is 3.74. The lowest BCUT2D eigenvalue weighted by Crippen LogP contribution is -2.02. The van der Waals surface area contributed by atoms with Crippen molar-refractivity contribution in [1.29, 1.82) is 0 Å². The monoisotopic (exact) mass is 267 g/mol. The van der Waals surface area contributed by atoms with Crippen LogP contribution < -0.4 is 5.73 Å². The fraction of sp³-hybridized carbons (Fsp3) is 0.250. The lowest BCUT2D eigenvalue weighted by molar-refractivity contribution is 0.131. The minimum atomic E-state index is 0.0284. The summed E-state index contributed by atoms with van der Waals surface area (Å²) in [6.45, 7) is 2.96. The molecule has 5 nitrogen and oxygen atoms in total. The number of phenolic OH excluding ortho intramolecular Hbond substituents is 1. The maximum atomic E-state index is 9.37. The van der Waals surface area contributed by atoms with Crippen molar-refractivity contribution in [2.45, 2.75) is 13.5 Å². The van der Waals surface area contributed by atoms with Gasteiger partial charge in [0, 0.05) is 12.7 Å². The number of aromatic hydroxyl groups is 1. The van der Waals surface area contributed by atoms with Gasteiger partial charge in [-0.3, -0.25) is 0 Å². The first-order chi connectivity index (χ1) is 8.61. The SMILES string of the molecule is CCOCc1cc(N)n(-c2ccc(O)c(Cl)c2)n1. The fourth-order valence-electron chi connectivity index (χ4n) is 1.56. The van der Waals surface area contributed by atoms with Crippen molar-refractivity contribution in [2.24, 2.45) is 0 Å². The van der Waals surface area contributed by atoms with Crippen molar-refractivity contribution in [1.82, 2.24) is 9.78 Å². The van der Waals surface area contributed by atoms with E-state index in [1.165, 1.54) is 6.07 Å². The first-order valence-corrected chi connectivity index (χ1v) is 5.90. The van der Waals surface area contributed by atoms with Gasteiger partial charge in [0.2, 0.25) is 0 Å². The molecule has 0 amide bonds. The van der Waals surface area contributed by atoms with Gasteiger partial charge in [0.15, 0.2) is 0 Å². The average Bonchev–Trinajstić information content (AvgIpc) is 2.71. The van der Waals surface area contributed by atoms with E-state index >= 15 is 0 Å². The third-order valence-electron chi connectivity index (χ3n) is 2.42. The summed E-state index contributed by atoms with van der Waals surface area (Å²) in [5.74, 6) is 0.521. The summed E-state index contributed by atoms with van der Waals surface area (Å²) >= 11 is 5.85. The molecule has 0 aliphatic carbocycles. The summed E-state index contributed by atoms with van der Waals surface area (Å²) in [6.07, 6.45) is 0. The molecule has 1 aromatic carbocycles. The van der Waals surface area contributed by atoms with Gasteiger partial charge in [-0.2, -0.15) is 5.10 Å². The van der Waals surface area contributed by atoms with Crippen molar-refractivity contribution in [2.75, 3.05) is 12.3 Å². The number of hydrogen-bond acceptors (Lipinski definition) is 4. The number of rotatable bonds is 4. The van der Waals surface area contributed by atoms with Crippen LogP contribution in [0.4, 0.5) is 5.82 Å². The molecule has 0 aliphatic heterocycles. The molecule has 1 aromatic heterocycles. The van der Waals surface area contributed by atoms with Crippen molar-refractivity contribution < 1.29 is 9.84 Å². The number of benzene rings is 1. The molecule has 2 aromatic rings. The molecule has 0 atom stereocenters. The lowest BCUT2D eigenvalue weighted by atomic mass is 10.3. The van der Waals surface area contributed by atoms with Crippen LogP contribution in [0.5, 0.6) is 5.75 Å². The Morgan fingerprint density at radius 3 is 2.89 bits per heavy atom. The smallest absolute Gasteiger partial charge is 0.134 e. The molecule has 0 unspecified atom stereocenters. The van der Waals surface area contributed by atoms with E-state index in [-0.39, 0.29) is 10.8 Å². The van der Waals surface area contributed by atoms with Crippen molar-refractivity contribution in [3.63, 3.8) is 0 Å². The number of aromatic nitrogens is 2. The topological polar surface area (TPSA) is 73.3 Å². The number of nitrogen functional groups attached to an aromatic ring is 1. The summed E-state index contributed by atoms with van der Waals surface area (Å²) in [6, 6.07) is 6.54. The minimum absolute atomic E-state index is 0.0284. The highest BCUT2D eigenvalue weighted by molar-refractivity contribution is 6.32. The van der Waals surface area contributed by atoms with Crippen molar-refractivity contribution >= 4 is 17.4 Å². The van der Waals surface area contributed by atoms with Gasteiger partial charge in [0.05, 0.1) is 23.0 Å². The lowest BCUT2D eigenvalue weighted by Gasteiger charge is -2.05. The van der Waals surface area contributed by atoms with Crippen LogP contribution in [0.25, 0.3) is 5.69 Å². The van der Waals surface area contributed by atoms with E-state index in [1.54, 1.807) is 22.9 Å². The van der Waals surface area contributed by atoms with Gasteiger partial charge in [0.1, 0.15) is 11.6 Å². The van der Waals surface area contributed by atoms with E-state index in [2.05, 4.69) is 5.10 Å². The Labute approximate surface area is 110 Å². The number of nitrogens with two attached hydrogens (primary N) is 1. The fourth-order valence-corrected chi connectivity index (χ4v) is 1.73. The molecule has 2 rings (SSSR count). The molecule has 0 radical (unpaired) electrons. The second-order valence-corrected chi connectivity index (χ2v) is 4.15. The number of halogens is 1. The summed E-state index contributed by atoms with van der Waals surface area (Å²) < 4.78 is 6.82. The van der Waals surface area contributed by atoms with E-state index in [1.807, 2.05) is 6.92 Å². The van der Waals surface area contributed by atoms with Gasteiger partial charge in [-0.15, -0.1) is 0 Å². The molecule has 0 bridgehead atoms. The molecular weight excluding hydrogens is 254 g/mol. The normalized spacial score (nSPS) is 10.8. The Morgan fingerprint density at radius 1 is 1.44 bits per heavy atom. The van der Waals surface area contributed by atoms with Crippen LogP contribution >= 0.6 is 11.6 Å². The summed E-state index contributed by atoms with van der Waals surface area (Å²) in [4.78, 5) is 0. The third-order valence-corrected chi connectivity index (χ3v) is 2.72. The van der Waals surface area contributed by atoms with Crippen LogP contribution in [0.3, 0.4) is 0 Å². The van der Waals surface area contributed by atoms with Crippen LogP contribution in [0.2, 0.25) is 5.02 Å². The zero-order valence-corrected chi connectivity index (χ0v) is 10.7. The number of nitrogens with zero attached hydrogens (tertiary/aromatic N) is 2. The van der Waals surface area contributed by atoms with Gasteiger partial charge < -0.3 is 15.6 Å². The van der Waals surface area contributed by atoms with Gasteiger partial charge in [-0.05, 0) is 25.1 Å². The largest absolute Gasteiger partial charge is 0.506 e. The first kappa shape index (κ1) is 12.7. The van der Waals surface area contributed by atoms with Crippen LogP contribution in [-0.2, 0) is 11.3 Å². The van der Waals surface area contributed by atoms with E-state index in [0.29, 0.717) is 24.7 Å². The van der Waals surface area contributed by atoms with Crippen LogP contribution in [0.1, 0.15) is 12.6 Å². The summed E-state index contributed by atoms with van der Waals surface area (Å²) in [5, 5.41) is 13.9. The molecule has 3 N–H and O–H groups in total. The number of phenols is 1. The average molecular weight is 268 g/mol. The predicted molar refractivity (Wildman–Crippen MR) is 70.0 cm³/mol. The van der Waals surface area contributed by atoms with E-state index in [0.717, 1.165) is 5.69 Å². The Balaban J connectivity index is 2.32. The molecule has 18 heavy (non-hydrogen) atoms. The third kappa shape index (κ3) is 2.57. The Bertz CT molecular complexity index is 554. The summed E-state index contributed by atoms with van der Waals surface area (Å²) in [7, 11) is 0. The Morgan fingerprint density at radius 2 is 2.22 bits per heavy atom. The van der Waals surface area contributed by atoms with Gasteiger partial charge in [0.25, 0.3) is 0 Å². The molecular formula is C12H14ClN3O2. The van der Waals surface area contributed by atoms with Crippen molar-refractivity contribution in [3.05, 3.63) is 35.0 Å². The Hall–Kier alpha value is -1.72. The molecule has 0 saturated carbocycles. The molecule has 0 spiro atoms. The maximum Gasteiger partial charge on any atom is 0.134 e. The van der Waals surface area contributed by atoms with Crippen LogP contribution in [0.15, 0.2) is 24.3 Å². The zero-order valence-electron chi connectivity index (χ0n) is 9.93. The van der Waals surface area contributed by atoms with Gasteiger partial charge in [-0.25, -0.2) is 4.68 Å². The highest BCUT2D eigenvalue weighted by Gasteiger charge is 2.08. The standard InChI is InChI=1S/C12H14ClN3O2/c1-2-18-7-8-5-12(14)16(15-8)9-3-4-11(17)10(13)6-9/h3-6,17H,2,7,14H2,1H3. The zero-order chi connectivity index (χ0) is 13.1. The molecule has 6 heteroatoms. The molecule has 0 saturated heterocycles. The highest BCUT2D eigenvalue weighted by Crippen LogP contribution is 2.26. The molecule has 0 aliphatic rings. The second kappa shape index (κ2) is 5.29. The van der Waals surface area contributed by atoms with E-state index in [4.69, 9.17) is 22.1 Å². The number of anilines is 1. The quantitative estimate of drug-likeness (QED) is 0.892. The highest BCUT2D eigenvalue weighted by atomic mass is 35.5. The van der Waals surface area contributed by atoms with Gasteiger partial charge in [-0.1, -0.05) is 11.6 Å². The number of ether oxygens (including phenoxy) is 1. The predicted octanol–water partition coefficient (Wildman–Crippen LogP) is 2.35. The van der Waals surface area contributed by atoms with Crippen molar-refractivity contribution in [3.8, 4) is 11.4 Å². The van der Waals surface area contributed by atoms with E-state index in [9.17, 15) is 5.11 Å². The summed E-state index contributed by atoms with van der Waals surface area (Å²) in [5.41, 5.74) is 7.31. The van der Waals surface area contributed by atoms with Crippen LogP contribution in [-0.4, -0.2) is 21.5 Å². The number of hydrogen-bond donors (Lipinski definition) is 2.